The van der Waals surface area contributed by atoms with Crippen molar-refractivity contribution in [1.29, 1.82) is 0 Å². The average molecular weight is 430 g/mol. The summed E-state index contributed by atoms with van der Waals surface area (Å²) in [6.45, 7) is 7.31. The Bertz CT molecular complexity index is 821. The predicted molar refractivity (Wildman–Crippen MR) is 104 cm³/mol. The summed E-state index contributed by atoms with van der Waals surface area (Å²) in [6, 6.07) is -0.0978. The lowest BCUT2D eigenvalue weighted by molar-refractivity contribution is -0.147. The van der Waals surface area contributed by atoms with Gasteiger partial charge < -0.3 is 14.0 Å². The third-order valence-corrected chi connectivity index (χ3v) is 5.74. The van der Waals surface area contributed by atoms with E-state index in [4.69, 9.17) is 9.47 Å². The van der Waals surface area contributed by atoms with E-state index in [2.05, 4.69) is 4.90 Å². The Labute approximate surface area is 173 Å². The van der Waals surface area contributed by atoms with E-state index in [9.17, 15) is 22.8 Å². The highest BCUT2D eigenvalue weighted by molar-refractivity contribution is 5.74. The summed E-state index contributed by atoms with van der Waals surface area (Å²) in [5.41, 5.74) is -1.77. The molecule has 0 aromatic carbocycles. The van der Waals surface area contributed by atoms with Crippen LogP contribution in [0.4, 0.5) is 13.2 Å². The van der Waals surface area contributed by atoms with E-state index in [1.807, 2.05) is 13.8 Å². The van der Waals surface area contributed by atoms with Gasteiger partial charge in [0.2, 0.25) is 0 Å². The van der Waals surface area contributed by atoms with Crippen LogP contribution < -0.4 is 5.56 Å². The molecule has 2 aliphatic rings. The molecule has 2 aliphatic heterocycles. The molecule has 0 saturated carbocycles. The van der Waals surface area contributed by atoms with Crippen LogP contribution in [0.2, 0.25) is 0 Å². The highest BCUT2D eigenvalue weighted by atomic mass is 19.4. The molecular weight excluding hydrogens is 401 g/mol. The Balaban J connectivity index is 1.92. The maximum absolute atomic E-state index is 13.6. The summed E-state index contributed by atoms with van der Waals surface area (Å²) in [7, 11) is 0. The fraction of sp³-hybridized carbons (Fsp3) is 0.714. The monoisotopic (exact) mass is 430 g/mol. The number of pyridine rings is 1. The molecule has 2 fully saturated rings. The number of alkyl halides is 3. The standard InChI is InChI=1S/C21H29F3N2O4/c1-4-29-20(28)18(7-13(2)3)26-10-14(17(9-19(26)27)21(22,23)24)5-6-25-11-16-8-15(25)12-30-16/h9-10,13,15-16,18H,4-8,11-12H2,1-3H3/t15-,16-,18?/m1/s1. The highest BCUT2D eigenvalue weighted by Crippen LogP contribution is 2.33. The van der Waals surface area contributed by atoms with Gasteiger partial charge in [-0.1, -0.05) is 13.8 Å². The number of aromatic nitrogens is 1. The second kappa shape index (κ2) is 9.09. The molecule has 0 radical (unpaired) electrons. The third kappa shape index (κ3) is 5.06. The van der Waals surface area contributed by atoms with Crippen molar-refractivity contribution in [2.75, 3.05) is 26.3 Å². The van der Waals surface area contributed by atoms with E-state index in [-0.39, 0.29) is 36.7 Å². The molecular formula is C21H29F3N2O4. The Morgan fingerprint density at radius 1 is 1.37 bits per heavy atom. The van der Waals surface area contributed by atoms with Gasteiger partial charge in [-0.15, -0.1) is 0 Å². The molecule has 1 aromatic rings. The molecule has 1 aromatic heterocycles. The molecule has 0 aliphatic carbocycles. The second-order valence-electron chi connectivity index (χ2n) is 8.44. The third-order valence-electron chi connectivity index (χ3n) is 5.74. The van der Waals surface area contributed by atoms with Crippen molar-refractivity contribution in [3.63, 3.8) is 0 Å². The molecule has 0 amide bonds. The number of esters is 1. The van der Waals surface area contributed by atoms with Crippen molar-refractivity contribution in [1.82, 2.24) is 9.47 Å². The van der Waals surface area contributed by atoms with Crippen LogP contribution in [0.1, 0.15) is 50.8 Å². The smallest absolute Gasteiger partial charge is 0.416 e. The zero-order valence-corrected chi connectivity index (χ0v) is 17.6. The molecule has 168 valence electrons. The molecule has 2 saturated heterocycles. The summed E-state index contributed by atoms with van der Waals surface area (Å²) in [4.78, 5) is 27.2. The van der Waals surface area contributed by atoms with Crippen LogP contribution in [0.25, 0.3) is 0 Å². The van der Waals surface area contributed by atoms with Crippen LogP contribution in [-0.2, 0) is 26.9 Å². The van der Waals surface area contributed by atoms with Gasteiger partial charge >= 0.3 is 12.1 Å². The largest absolute Gasteiger partial charge is 0.464 e. The van der Waals surface area contributed by atoms with Crippen molar-refractivity contribution >= 4 is 5.97 Å². The van der Waals surface area contributed by atoms with E-state index < -0.39 is 29.3 Å². The SMILES string of the molecule is CCOC(=O)C(CC(C)C)n1cc(CCN2C[C@H]3C[C@@H]2CO3)c(C(F)(F)F)cc1=O. The minimum Gasteiger partial charge on any atom is -0.464 e. The second-order valence-corrected chi connectivity index (χ2v) is 8.44. The fourth-order valence-electron chi connectivity index (χ4n) is 4.32. The van der Waals surface area contributed by atoms with E-state index in [0.717, 1.165) is 11.0 Å². The minimum atomic E-state index is -4.64. The topological polar surface area (TPSA) is 60.8 Å². The lowest BCUT2D eigenvalue weighted by Gasteiger charge is -2.27. The summed E-state index contributed by atoms with van der Waals surface area (Å²) < 4.78 is 52.6. The van der Waals surface area contributed by atoms with Crippen LogP contribution in [0.15, 0.2) is 17.1 Å². The molecule has 3 heterocycles. The molecule has 6 nitrogen and oxygen atoms in total. The molecule has 1 unspecified atom stereocenters. The molecule has 3 rings (SSSR count). The van der Waals surface area contributed by atoms with E-state index in [1.165, 1.54) is 6.20 Å². The predicted octanol–water partition coefficient (Wildman–Crippen LogP) is 3.03. The summed E-state index contributed by atoms with van der Waals surface area (Å²) >= 11 is 0. The molecule has 2 bridgehead atoms. The number of carbonyl (C=O) groups is 1. The van der Waals surface area contributed by atoms with E-state index in [0.29, 0.717) is 32.2 Å². The van der Waals surface area contributed by atoms with Gasteiger partial charge in [0.05, 0.1) is 24.9 Å². The van der Waals surface area contributed by atoms with E-state index >= 15 is 0 Å². The van der Waals surface area contributed by atoms with Crippen molar-refractivity contribution in [3.05, 3.63) is 33.7 Å². The number of likely N-dealkylation sites (tertiary alicyclic amines) is 1. The Morgan fingerprint density at radius 2 is 2.10 bits per heavy atom. The van der Waals surface area contributed by atoms with Gasteiger partial charge in [0, 0.05) is 31.4 Å². The zero-order valence-electron chi connectivity index (χ0n) is 17.6. The van der Waals surface area contributed by atoms with Gasteiger partial charge in [0.1, 0.15) is 6.04 Å². The van der Waals surface area contributed by atoms with Crippen molar-refractivity contribution in [2.24, 2.45) is 5.92 Å². The van der Waals surface area contributed by atoms with Gasteiger partial charge in [-0.2, -0.15) is 13.2 Å². The lowest BCUT2D eigenvalue weighted by Crippen LogP contribution is -2.39. The normalized spacial score (nSPS) is 22.6. The average Bonchev–Trinajstić information content (AvgIpc) is 3.27. The number of halogens is 3. The molecule has 0 spiro atoms. The van der Waals surface area contributed by atoms with Gasteiger partial charge in [-0.3, -0.25) is 9.69 Å². The first kappa shape index (κ1) is 22.8. The summed E-state index contributed by atoms with van der Waals surface area (Å²) in [5.74, 6) is -0.551. The Hall–Kier alpha value is -1.87. The zero-order chi connectivity index (χ0) is 22.1. The summed E-state index contributed by atoms with van der Waals surface area (Å²) in [5, 5.41) is 0. The molecule has 30 heavy (non-hydrogen) atoms. The first-order chi connectivity index (χ1) is 14.1. The minimum absolute atomic E-state index is 0.0175. The number of hydrogen-bond donors (Lipinski definition) is 0. The molecule has 3 atom stereocenters. The van der Waals surface area contributed by atoms with Gasteiger partial charge in [0.25, 0.3) is 5.56 Å². The number of morpholine rings is 1. The van der Waals surface area contributed by atoms with Gasteiger partial charge in [-0.25, -0.2) is 4.79 Å². The van der Waals surface area contributed by atoms with Crippen LogP contribution >= 0.6 is 0 Å². The number of fused-ring (bicyclic) bond motifs is 2. The number of nitrogens with zero attached hydrogens (tertiary/aromatic N) is 2. The van der Waals surface area contributed by atoms with Gasteiger partial charge in [-0.05, 0) is 37.7 Å². The van der Waals surface area contributed by atoms with E-state index in [1.54, 1.807) is 6.92 Å². The number of rotatable bonds is 8. The Morgan fingerprint density at radius 3 is 2.63 bits per heavy atom. The van der Waals surface area contributed by atoms with Crippen LogP contribution in [0.3, 0.4) is 0 Å². The van der Waals surface area contributed by atoms with Crippen molar-refractivity contribution in [2.45, 2.75) is 64.4 Å². The fourth-order valence-corrected chi connectivity index (χ4v) is 4.32. The van der Waals surface area contributed by atoms with Crippen molar-refractivity contribution in [3.8, 4) is 0 Å². The highest BCUT2D eigenvalue weighted by Gasteiger charge is 2.39. The first-order valence-electron chi connectivity index (χ1n) is 10.4. The summed E-state index contributed by atoms with van der Waals surface area (Å²) in [6.07, 6.45) is -1.93. The lowest BCUT2D eigenvalue weighted by atomic mass is 10.0. The Kier molecular flexibility index (Phi) is 6.91. The van der Waals surface area contributed by atoms with Crippen LogP contribution in [0.5, 0.6) is 0 Å². The van der Waals surface area contributed by atoms with Crippen LogP contribution in [-0.4, -0.2) is 53.9 Å². The maximum atomic E-state index is 13.6. The van der Waals surface area contributed by atoms with Crippen molar-refractivity contribution < 1.29 is 27.4 Å². The quantitative estimate of drug-likeness (QED) is 0.594. The molecule has 0 N–H and O–H groups in total. The van der Waals surface area contributed by atoms with Crippen LogP contribution in [0, 0.1) is 5.92 Å². The first-order valence-corrected chi connectivity index (χ1v) is 10.4. The van der Waals surface area contributed by atoms with Gasteiger partial charge in [0.15, 0.2) is 0 Å². The number of ether oxygens (including phenoxy) is 2. The number of carbonyl (C=O) groups excluding carboxylic acids is 1. The number of hydrogen-bond acceptors (Lipinski definition) is 5. The molecule has 9 heteroatoms. The maximum Gasteiger partial charge on any atom is 0.416 e.